The lowest BCUT2D eigenvalue weighted by molar-refractivity contribution is -0.143. The van der Waals surface area contributed by atoms with Crippen LogP contribution in [0.1, 0.15) is 42.9 Å². The van der Waals surface area contributed by atoms with E-state index in [9.17, 15) is 28.2 Å². The maximum Gasteiger partial charge on any atom is 0.422 e. The van der Waals surface area contributed by atoms with Gasteiger partial charge in [-0.1, -0.05) is 59.2 Å². The molecule has 0 spiro atoms. The second kappa shape index (κ2) is 10.6. The summed E-state index contributed by atoms with van der Waals surface area (Å²) in [6, 6.07) is 12.1. The molecule has 3 heterocycles. The van der Waals surface area contributed by atoms with E-state index in [4.69, 9.17) is 13.8 Å². The van der Waals surface area contributed by atoms with Gasteiger partial charge in [0.25, 0.3) is 5.89 Å². The Kier molecular flexibility index (Phi) is 6.99. The number of carboxylic acid groups (broad SMARTS) is 1. The number of fused-ring (bicyclic) bond motifs is 1. The van der Waals surface area contributed by atoms with Crippen LogP contribution in [0.4, 0.5) is 13.2 Å². The van der Waals surface area contributed by atoms with Crippen molar-refractivity contribution in [3.05, 3.63) is 59.7 Å². The number of benzene rings is 2. The van der Waals surface area contributed by atoms with Gasteiger partial charge in [-0.25, -0.2) is 0 Å². The average Bonchev–Trinajstić information content (AvgIpc) is 3.63. The fraction of sp³-hybridized carbons (Fsp3) is 0.357. The number of aromatic nitrogens is 3. The Morgan fingerprint density at radius 1 is 1.02 bits per heavy atom. The van der Waals surface area contributed by atoms with Crippen LogP contribution >= 0.6 is 0 Å². The minimum atomic E-state index is -4.80. The molecule has 4 atom stereocenters. The number of hydrogen-bond acceptors (Lipinski definition) is 9. The van der Waals surface area contributed by atoms with Crippen LogP contribution in [0.25, 0.3) is 34.3 Å². The van der Waals surface area contributed by atoms with Crippen LogP contribution in [0.5, 0.6) is 5.75 Å². The van der Waals surface area contributed by atoms with Gasteiger partial charge in [0.05, 0.1) is 12.0 Å². The molecule has 2 aliphatic rings. The zero-order valence-corrected chi connectivity index (χ0v) is 21.5. The van der Waals surface area contributed by atoms with Crippen molar-refractivity contribution in [3.63, 3.8) is 0 Å². The first kappa shape index (κ1) is 27.0. The van der Waals surface area contributed by atoms with E-state index in [1.807, 2.05) is 0 Å². The number of ether oxygens (including phenoxy) is 1. The summed E-state index contributed by atoms with van der Waals surface area (Å²) in [4.78, 5) is 15.5. The van der Waals surface area contributed by atoms with Gasteiger partial charge in [0.15, 0.2) is 0 Å². The van der Waals surface area contributed by atoms with Crippen molar-refractivity contribution in [3.8, 4) is 40.0 Å². The van der Waals surface area contributed by atoms with Crippen LogP contribution in [0.2, 0.25) is 0 Å². The van der Waals surface area contributed by atoms with Crippen LogP contribution in [-0.2, 0) is 11.0 Å². The van der Waals surface area contributed by atoms with E-state index in [1.54, 1.807) is 36.4 Å². The van der Waals surface area contributed by atoms with E-state index in [0.717, 1.165) is 12.8 Å². The predicted molar refractivity (Wildman–Crippen MR) is 136 cm³/mol. The zero-order valence-electron chi connectivity index (χ0n) is 21.5. The number of rotatable bonds is 6. The van der Waals surface area contributed by atoms with Crippen LogP contribution in [0.15, 0.2) is 57.6 Å². The fourth-order valence-corrected chi connectivity index (χ4v) is 5.46. The van der Waals surface area contributed by atoms with E-state index in [0.29, 0.717) is 29.7 Å². The molecule has 0 radical (unpaired) electrons. The van der Waals surface area contributed by atoms with Crippen LogP contribution in [0.3, 0.4) is 0 Å². The third-order valence-electron chi connectivity index (χ3n) is 7.51. The first-order valence-electron chi connectivity index (χ1n) is 13.1. The minimum absolute atomic E-state index is 0.00570. The summed E-state index contributed by atoms with van der Waals surface area (Å²) in [7, 11) is 0. The van der Waals surface area contributed by atoms with Crippen molar-refractivity contribution >= 4 is 5.97 Å². The van der Waals surface area contributed by atoms with E-state index >= 15 is 0 Å². The molecule has 1 aliphatic heterocycles. The Labute approximate surface area is 231 Å². The van der Waals surface area contributed by atoms with Crippen molar-refractivity contribution in [1.82, 2.24) is 20.6 Å². The van der Waals surface area contributed by atoms with Gasteiger partial charge in [-0.2, -0.15) is 18.2 Å². The molecule has 2 aromatic heterocycles. The van der Waals surface area contributed by atoms with E-state index in [2.05, 4.69) is 20.6 Å². The quantitative estimate of drug-likeness (QED) is 0.286. The van der Waals surface area contributed by atoms with Gasteiger partial charge in [-0.3, -0.25) is 4.79 Å². The summed E-state index contributed by atoms with van der Waals surface area (Å²) >= 11 is 0. The summed E-state index contributed by atoms with van der Waals surface area (Å²) in [5.41, 5.74) is -0.391. The van der Waals surface area contributed by atoms with E-state index in [-0.39, 0.29) is 29.7 Å². The molecular weight excluding hydrogens is 545 g/mol. The Balaban J connectivity index is 1.22. The number of carboxylic acids is 1. The summed E-state index contributed by atoms with van der Waals surface area (Å²) in [5, 5.41) is 31.2. The molecule has 0 unspecified atom stereocenters. The fourth-order valence-electron chi connectivity index (χ4n) is 5.46. The summed E-state index contributed by atoms with van der Waals surface area (Å²) in [6.45, 7) is 0.138. The Morgan fingerprint density at radius 2 is 1.83 bits per heavy atom. The Morgan fingerprint density at radius 3 is 2.59 bits per heavy atom. The number of alkyl halides is 3. The number of nitrogens with one attached hydrogen (secondary N) is 1. The van der Waals surface area contributed by atoms with Gasteiger partial charge < -0.3 is 29.3 Å². The molecule has 0 bridgehead atoms. The average molecular weight is 571 g/mol. The molecule has 1 fully saturated rings. The molecule has 1 aliphatic carbocycles. The highest BCUT2D eigenvalue weighted by atomic mass is 19.4. The first-order valence-corrected chi connectivity index (χ1v) is 13.1. The third kappa shape index (κ3) is 5.30. The van der Waals surface area contributed by atoms with Crippen LogP contribution < -0.4 is 10.1 Å². The number of aliphatic carboxylic acids is 1. The number of hydrogen-bond donors (Lipinski definition) is 3. The number of aliphatic hydroxyl groups excluding tert-OH is 1. The molecular formula is C28H25F3N4O6. The highest BCUT2D eigenvalue weighted by molar-refractivity contribution is 5.71. The maximum atomic E-state index is 14.0. The molecule has 10 nitrogen and oxygen atoms in total. The summed E-state index contributed by atoms with van der Waals surface area (Å²) in [5.74, 6) is -2.04. The topological polar surface area (TPSA) is 144 Å². The lowest BCUT2D eigenvalue weighted by Gasteiger charge is -2.36. The molecule has 13 heteroatoms. The monoisotopic (exact) mass is 570 g/mol. The molecule has 2 aromatic carbocycles. The standard InChI is InChI=1S/C28H25F3N4O6/c29-28(30,31)21-22(14-5-2-1-3-6-14)34-40-24(21)26-33-25(35-41-26)15-9-10-18-20(12-15)39-13-19(23(18)36)32-17-8-4-7-16(11-17)27(37)38/h1-3,5-6,9-10,12,16-17,19,23,32,36H,4,7-8,11,13H2,(H,37,38)/t16-,17-,19+,23-/m0/s1. The Hall–Kier alpha value is -4.23. The second-order valence-electron chi connectivity index (χ2n) is 10.2. The van der Waals surface area contributed by atoms with Crippen molar-refractivity contribution < 1.29 is 42.0 Å². The van der Waals surface area contributed by atoms with Crippen molar-refractivity contribution in [2.45, 2.75) is 50.0 Å². The number of carbonyl (C=O) groups is 1. The molecule has 1 saturated carbocycles. The lowest BCUT2D eigenvalue weighted by atomic mass is 9.85. The molecule has 3 N–H and O–H groups in total. The SMILES string of the molecule is O=C(O)[C@H]1CCC[C@H](N[C@@H]2COc3cc(-c4noc(-c5onc(-c6ccccc6)c5C(F)(F)F)n4)ccc3[C@@H]2O)C1. The highest BCUT2D eigenvalue weighted by Crippen LogP contribution is 2.43. The maximum absolute atomic E-state index is 14.0. The first-order chi connectivity index (χ1) is 19.7. The van der Waals surface area contributed by atoms with Gasteiger partial charge in [0, 0.05) is 22.7 Å². The number of nitrogens with zero attached hydrogens (tertiary/aromatic N) is 3. The van der Waals surface area contributed by atoms with Crippen molar-refractivity contribution in [1.29, 1.82) is 0 Å². The predicted octanol–water partition coefficient (Wildman–Crippen LogP) is 5.10. The van der Waals surface area contributed by atoms with E-state index < -0.39 is 47.4 Å². The highest BCUT2D eigenvalue weighted by Gasteiger charge is 2.43. The third-order valence-corrected chi connectivity index (χ3v) is 7.51. The zero-order chi connectivity index (χ0) is 28.7. The Bertz CT molecular complexity index is 1550. The van der Waals surface area contributed by atoms with Gasteiger partial charge in [0.1, 0.15) is 29.7 Å². The number of aliphatic hydroxyl groups is 1. The molecule has 214 valence electrons. The minimum Gasteiger partial charge on any atom is -0.491 e. The lowest BCUT2D eigenvalue weighted by Crippen LogP contribution is -2.49. The smallest absolute Gasteiger partial charge is 0.422 e. The van der Waals surface area contributed by atoms with E-state index in [1.165, 1.54) is 12.1 Å². The number of halogens is 3. The van der Waals surface area contributed by atoms with Gasteiger partial charge >= 0.3 is 12.1 Å². The van der Waals surface area contributed by atoms with Crippen LogP contribution in [0, 0.1) is 5.92 Å². The molecule has 4 aromatic rings. The normalized spacial score (nSPS) is 22.6. The molecule has 0 amide bonds. The van der Waals surface area contributed by atoms with Crippen LogP contribution in [-0.4, -0.2) is 50.2 Å². The second-order valence-corrected chi connectivity index (χ2v) is 10.2. The molecule has 6 rings (SSSR count). The molecule has 0 saturated heterocycles. The largest absolute Gasteiger partial charge is 0.491 e. The molecule has 41 heavy (non-hydrogen) atoms. The van der Waals surface area contributed by atoms with Crippen molar-refractivity contribution in [2.75, 3.05) is 6.61 Å². The van der Waals surface area contributed by atoms with Gasteiger partial charge in [-0.15, -0.1) is 0 Å². The summed E-state index contributed by atoms with van der Waals surface area (Å²) in [6.07, 6.45) is -2.99. The summed E-state index contributed by atoms with van der Waals surface area (Å²) < 4.78 is 58.2. The van der Waals surface area contributed by atoms with Gasteiger partial charge in [-0.05, 0) is 25.3 Å². The van der Waals surface area contributed by atoms with Gasteiger partial charge in [0.2, 0.25) is 11.6 Å². The van der Waals surface area contributed by atoms with Crippen molar-refractivity contribution in [2.24, 2.45) is 5.92 Å².